The van der Waals surface area contributed by atoms with Crippen LogP contribution in [-0.4, -0.2) is 40.8 Å². The molecule has 0 aliphatic heterocycles. The summed E-state index contributed by atoms with van der Waals surface area (Å²) in [6.45, 7) is -0.528. The van der Waals surface area contributed by atoms with Gasteiger partial charge in [-0.15, -0.1) is 0 Å². The largest absolute Gasteiger partial charge is 0.508 e. The summed E-state index contributed by atoms with van der Waals surface area (Å²) in [4.78, 5) is 23.7. The second kappa shape index (κ2) is 6.69. The van der Waals surface area contributed by atoms with Crippen molar-refractivity contribution in [3.05, 3.63) is 47.5 Å². The summed E-state index contributed by atoms with van der Waals surface area (Å²) in [5, 5.41) is 28.5. The molecule has 0 aliphatic carbocycles. The van der Waals surface area contributed by atoms with Crippen molar-refractivity contribution in [3.63, 3.8) is 0 Å². The molecule has 120 valence electrons. The minimum atomic E-state index is -0.723. The molecule has 23 heavy (non-hydrogen) atoms. The van der Waals surface area contributed by atoms with Gasteiger partial charge in [-0.05, 0) is 12.1 Å². The zero-order chi connectivity index (χ0) is 17.0. The fraction of sp³-hybridized carbons (Fsp3) is 0.125. The molecule has 0 spiro atoms. The van der Waals surface area contributed by atoms with Crippen molar-refractivity contribution in [2.75, 3.05) is 13.7 Å². The van der Waals surface area contributed by atoms with Crippen molar-refractivity contribution in [1.82, 2.24) is 0 Å². The van der Waals surface area contributed by atoms with Gasteiger partial charge >= 0.3 is 5.97 Å². The fourth-order valence-electron chi connectivity index (χ4n) is 1.97. The molecule has 2 aromatic rings. The lowest BCUT2D eigenvalue weighted by Gasteiger charge is -2.11. The van der Waals surface area contributed by atoms with E-state index in [-0.39, 0.29) is 22.6 Å². The Labute approximate surface area is 131 Å². The summed E-state index contributed by atoms with van der Waals surface area (Å²) >= 11 is 0. The van der Waals surface area contributed by atoms with E-state index in [1.165, 1.54) is 19.2 Å². The molecule has 7 heteroatoms. The highest BCUT2D eigenvalue weighted by atomic mass is 16.5. The van der Waals surface area contributed by atoms with Gasteiger partial charge in [-0.25, -0.2) is 4.79 Å². The summed E-state index contributed by atoms with van der Waals surface area (Å²) in [5.41, 5.74) is -0.236. The summed E-state index contributed by atoms with van der Waals surface area (Å²) in [5.74, 6) is -2.74. The van der Waals surface area contributed by atoms with E-state index < -0.39 is 29.9 Å². The SMILES string of the molecule is COC(=O)c1ccccc1OCC(=O)c1c(O)cc(O)cc1O. The summed E-state index contributed by atoms with van der Waals surface area (Å²) < 4.78 is 9.89. The van der Waals surface area contributed by atoms with Gasteiger partial charge in [0.15, 0.2) is 6.61 Å². The van der Waals surface area contributed by atoms with Crippen molar-refractivity contribution in [2.24, 2.45) is 0 Å². The van der Waals surface area contributed by atoms with E-state index in [1.807, 2.05) is 0 Å². The molecule has 0 atom stereocenters. The van der Waals surface area contributed by atoms with E-state index in [1.54, 1.807) is 12.1 Å². The lowest BCUT2D eigenvalue weighted by molar-refractivity contribution is 0.0594. The Morgan fingerprint density at radius 1 is 1.04 bits per heavy atom. The van der Waals surface area contributed by atoms with Gasteiger partial charge in [-0.3, -0.25) is 4.79 Å². The van der Waals surface area contributed by atoms with Gasteiger partial charge in [0.1, 0.15) is 34.1 Å². The first kappa shape index (κ1) is 16.2. The van der Waals surface area contributed by atoms with Crippen LogP contribution in [0.15, 0.2) is 36.4 Å². The van der Waals surface area contributed by atoms with Crippen LogP contribution in [0.4, 0.5) is 0 Å². The smallest absolute Gasteiger partial charge is 0.341 e. The second-order valence-electron chi connectivity index (χ2n) is 4.56. The van der Waals surface area contributed by atoms with Gasteiger partial charge in [0, 0.05) is 12.1 Å². The predicted octanol–water partition coefficient (Wildman–Crippen LogP) is 1.85. The molecular formula is C16H14O7. The van der Waals surface area contributed by atoms with Gasteiger partial charge in [0.2, 0.25) is 5.78 Å². The monoisotopic (exact) mass is 318 g/mol. The van der Waals surface area contributed by atoms with Gasteiger partial charge in [0.05, 0.1) is 7.11 Å². The van der Waals surface area contributed by atoms with E-state index in [0.717, 1.165) is 12.1 Å². The molecule has 7 nitrogen and oxygen atoms in total. The third kappa shape index (κ3) is 3.52. The van der Waals surface area contributed by atoms with E-state index >= 15 is 0 Å². The Morgan fingerprint density at radius 3 is 2.26 bits per heavy atom. The molecule has 0 saturated heterocycles. The molecule has 0 aliphatic rings. The van der Waals surface area contributed by atoms with E-state index in [9.17, 15) is 24.9 Å². The number of phenolic OH excluding ortho intramolecular Hbond substituents is 3. The molecule has 0 aromatic heterocycles. The summed E-state index contributed by atoms with van der Waals surface area (Å²) in [7, 11) is 1.22. The quantitative estimate of drug-likeness (QED) is 0.569. The second-order valence-corrected chi connectivity index (χ2v) is 4.56. The Morgan fingerprint density at radius 2 is 1.65 bits per heavy atom. The highest BCUT2D eigenvalue weighted by Gasteiger charge is 2.20. The predicted molar refractivity (Wildman–Crippen MR) is 79.0 cm³/mol. The van der Waals surface area contributed by atoms with Gasteiger partial charge in [-0.2, -0.15) is 0 Å². The van der Waals surface area contributed by atoms with Crippen molar-refractivity contribution < 1.29 is 34.4 Å². The van der Waals surface area contributed by atoms with Gasteiger partial charge in [0.25, 0.3) is 0 Å². The molecule has 0 bridgehead atoms. The van der Waals surface area contributed by atoms with Crippen molar-refractivity contribution >= 4 is 11.8 Å². The maximum atomic E-state index is 12.1. The molecule has 0 amide bonds. The van der Waals surface area contributed by atoms with Crippen LogP contribution in [0.3, 0.4) is 0 Å². The molecule has 0 unspecified atom stereocenters. The minimum absolute atomic E-state index is 0.130. The van der Waals surface area contributed by atoms with Gasteiger partial charge in [-0.1, -0.05) is 12.1 Å². The topological polar surface area (TPSA) is 113 Å². The Kier molecular flexibility index (Phi) is 4.70. The van der Waals surface area contributed by atoms with Crippen molar-refractivity contribution in [1.29, 1.82) is 0 Å². The third-order valence-corrected chi connectivity index (χ3v) is 3.01. The molecule has 0 radical (unpaired) electrons. The summed E-state index contributed by atoms with van der Waals surface area (Å²) in [6, 6.07) is 8.03. The van der Waals surface area contributed by atoms with Crippen LogP contribution in [-0.2, 0) is 4.74 Å². The number of ether oxygens (including phenoxy) is 2. The first-order valence-electron chi connectivity index (χ1n) is 6.52. The number of para-hydroxylation sites is 1. The molecule has 2 rings (SSSR count). The van der Waals surface area contributed by atoms with Crippen LogP contribution in [0.5, 0.6) is 23.0 Å². The number of benzene rings is 2. The van der Waals surface area contributed by atoms with Crippen LogP contribution in [0.1, 0.15) is 20.7 Å². The van der Waals surface area contributed by atoms with Crippen LogP contribution >= 0.6 is 0 Å². The number of carbonyl (C=O) groups is 2. The normalized spacial score (nSPS) is 10.1. The number of carbonyl (C=O) groups excluding carboxylic acids is 2. The highest BCUT2D eigenvalue weighted by molar-refractivity contribution is 6.02. The Hall–Kier alpha value is -3.22. The molecule has 0 fully saturated rings. The maximum absolute atomic E-state index is 12.1. The Bertz CT molecular complexity index is 729. The molecule has 0 heterocycles. The molecule has 3 N–H and O–H groups in total. The number of esters is 1. The highest BCUT2D eigenvalue weighted by Crippen LogP contribution is 2.32. The zero-order valence-corrected chi connectivity index (χ0v) is 12.1. The lowest BCUT2D eigenvalue weighted by atomic mass is 10.1. The van der Waals surface area contributed by atoms with E-state index in [4.69, 9.17) is 4.74 Å². The number of aromatic hydroxyl groups is 3. The average molecular weight is 318 g/mol. The number of hydrogen-bond donors (Lipinski definition) is 3. The third-order valence-electron chi connectivity index (χ3n) is 3.01. The summed E-state index contributed by atoms with van der Waals surface area (Å²) in [6.07, 6.45) is 0. The van der Waals surface area contributed by atoms with Crippen LogP contribution in [0.2, 0.25) is 0 Å². The van der Waals surface area contributed by atoms with E-state index in [0.29, 0.717) is 0 Å². The molecule has 2 aromatic carbocycles. The van der Waals surface area contributed by atoms with E-state index in [2.05, 4.69) is 4.74 Å². The fourth-order valence-corrected chi connectivity index (χ4v) is 1.97. The number of rotatable bonds is 5. The number of phenols is 3. The average Bonchev–Trinajstić information content (AvgIpc) is 2.51. The number of ketones is 1. The first-order chi connectivity index (χ1) is 10.9. The first-order valence-corrected chi connectivity index (χ1v) is 6.52. The molecule has 0 saturated carbocycles. The lowest BCUT2D eigenvalue weighted by Crippen LogP contribution is -2.14. The zero-order valence-electron chi connectivity index (χ0n) is 12.1. The standard InChI is InChI=1S/C16H14O7/c1-22-16(21)10-4-2-3-5-14(10)23-8-13(20)15-11(18)6-9(17)7-12(15)19/h2-7,17-19H,8H2,1H3. The number of hydrogen-bond acceptors (Lipinski definition) is 7. The van der Waals surface area contributed by atoms with Crippen LogP contribution in [0.25, 0.3) is 0 Å². The minimum Gasteiger partial charge on any atom is -0.508 e. The molecular weight excluding hydrogens is 304 g/mol. The van der Waals surface area contributed by atoms with Crippen LogP contribution < -0.4 is 4.74 Å². The van der Waals surface area contributed by atoms with Gasteiger partial charge < -0.3 is 24.8 Å². The van der Waals surface area contributed by atoms with Crippen molar-refractivity contribution in [3.8, 4) is 23.0 Å². The number of Topliss-reactive ketones (excluding diaryl/α,β-unsaturated/α-hetero) is 1. The maximum Gasteiger partial charge on any atom is 0.341 e. The van der Waals surface area contributed by atoms with Crippen molar-refractivity contribution in [2.45, 2.75) is 0 Å². The number of methoxy groups -OCH3 is 1. The van der Waals surface area contributed by atoms with Crippen LogP contribution in [0, 0.1) is 0 Å². The Balaban J connectivity index is 2.19.